The van der Waals surface area contributed by atoms with Crippen LogP contribution >= 0.6 is 0 Å². The fourth-order valence-corrected chi connectivity index (χ4v) is 3.27. The molecule has 3 aromatic rings. The summed E-state index contributed by atoms with van der Waals surface area (Å²) in [5.74, 6) is 2.30. The SMILES string of the molecule is COc1ccc(CN)c(OCCOc2ccc(C(C)(C)c3ccccc3)cc2)c1. The predicted octanol–water partition coefficient (Wildman–Crippen LogP) is 4.94. The lowest BCUT2D eigenvalue weighted by Gasteiger charge is -2.26. The minimum atomic E-state index is -0.0616. The second kappa shape index (κ2) is 9.48. The van der Waals surface area contributed by atoms with Crippen molar-refractivity contribution in [1.82, 2.24) is 0 Å². The highest BCUT2D eigenvalue weighted by atomic mass is 16.5. The van der Waals surface area contributed by atoms with Crippen molar-refractivity contribution < 1.29 is 14.2 Å². The van der Waals surface area contributed by atoms with Crippen LogP contribution in [0.15, 0.2) is 72.8 Å². The molecule has 0 fully saturated rings. The minimum Gasteiger partial charge on any atom is -0.497 e. The first kappa shape index (κ1) is 20.7. The Kier molecular flexibility index (Phi) is 6.78. The quantitative estimate of drug-likeness (QED) is 0.525. The average molecular weight is 392 g/mol. The second-order valence-electron chi connectivity index (χ2n) is 7.39. The molecule has 0 saturated heterocycles. The largest absolute Gasteiger partial charge is 0.497 e. The maximum Gasteiger partial charge on any atom is 0.127 e. The summed E-state index contributed by atoms with van der Waals surface area (Å²) in [6.07, 6.45) is 0. The van der Waals surface area contributed by atoms with Crippen molar-refractivity contribution in [3.63, 3.8) is 0 Å². The lowest BCUT2D eigenvalue weighted by Crippen LogP contribution is -2.18. The Balaban J connectivity index is 1.56. The summed E-state index contributed by atoms with van der Waals surface area (Å²) in [7, 11) is 1.63. The van der Waals surface area contributed by atoms with Crippen LogP contribution in [0.3, 0.4) is 0 Å². The molecule has 3 rings (SSSR count). The molecule has 0 aliphatic heterocycles. The summed E-state index contributed by atoms with van der Waals surface area (Å²) in [4.78, 5) is 0. The summed E-state index contributed by atoms with van der Waals surface area (Å²) in [5.41, 5.74) is 9.19. The van der Waals surface area contributed by atoms with E-state index in [9.17, 15) is 0 Å². The van der Waals surface area contributed by atoms with Gasteiger partial charge in [-0.3, -0.25) is 0 Å². The molecule has 0 amide bonds. The third-order valence-corrected chi connectivity index (χ3v) is 5.18. The maximum atomic E-state index is 5.84. The fraction of sp³-hybridized carbons (Fsp3) is 0.280. The highest BCUT2D eigenvalue weighted by molar-refractivity contribution is 5.41. The van der Waals surface area contributed by atoms with Crippen LogP contribution in [0.1, 0.15) is 30.5 Å². The van der Waals surface area contributed by atoms with E-state index in [4.69, 9.17) is 19.9 Å². The highest BCUT2D eigenvalue weighted by Gasteiger charge is 2.22. The molecule has 0 aromatic heterocycles. The Bertz CT molecular complexity index is 905. The van der Waals surface area contributed by atoms with Gasteiger partial charge in [0.25, 0.3) is 0 Å². The Labute approximate surface area is 173 Å². The first-order valence-electron chi connectivity index (χ1n) is 9.83. The standard InChI is InChI=1S/C25H29NO3/c1-25(2,20-7-5-4-6-8-20)21-10-13-22(14-11-21)28-15-16-29-24-17-23(27-3)12-9-19(24)18-26/h4-14,17H,15-16,18,26H2,1-3H3. The van der Waals surface area contributed by atoms with E-state index >= 15 is 0 Å². The van der Waals surface area contributed by atoms with Gasteiger partial charge in [-0.25, -0.2) is 0 Å². The number of hydrogen-bond acceptors (Lipinski definition) is 4. The van der Waals surface area contributed by atoms with E-state index in [0.717, 1.165) is 22.8 Å². The van der Waals surface area contributed by atoms with Gasteiger partial charge < -0.3 is 19.9 Å². The first-order valence-corrected chi connectivity index (χ1v) is 9.83. The third kappa shape index (κ3) is 5.09. The lowest BCUT2D eigenvalue weighted by molar-refractivity contribution is 0.215. The molecule has 0 spiro atoms. The maximum absolute atomic E-state index is 5.84. The molecule has 0 saturated carbocycles. The van der Waals surface area contributed by atoms with Crippen LogP contribution in [-0.2, 0) is 12.0 Å². The fourth-order valence-electron chi connectivity index (χ4n) is 3.27. The van der Waals surface area contributed by atoms with Crippen molar-refractivity contribution in [2.24, 2.45) is 5.73 Å². The number of ether oxygens (including phenoxy) is 3. The van der Waals surface area contributed by atoms with Crippen molar-refractivity contribution in [1.29, 1.82) is 0 Å². The van der Waals surface area contributed by atoms with Crippen LogP contribution in [0.5, 0.6) is 17.2 Å². The van der Waals surface area contributed by atoms with Crippen molar-refractivity contribution in [2.45, 2.75) is 25.8 Å². The van der Waals surface area contributed by atoms with E-state index in [0.29, 0.717) is 19.8 Å². The summed E-state index contributed by atoms with van der Waals surface area (Å²) >= 11 is 0. The van der Waals surface area contributed by atoms with Gasteiger partial charge in [-0.15, -0.1) is 0 Å². The normalized spacial score (nSPS) is 11.2. The number of methoxy groups -OCH3 is 1. The molecular weight excluding hydrogens is 362 g/mol. The molecule has 0 aliphatic carbocycles. The first-order chi connectivity index (χ1) is 14.0. The van der Waals surface area contributed by atoms with Gasteiger partial charge >= 0.3 is 0 Å². The van der Waals surface area contributed by atoms with Crippen molar-refractivity contribution >= 4 is 0 Å². The van der Waals surface area contributed by atoms with Gasteiger partial charge in [0.2, 0.25) is 0 Å². The summed E-state index contributed by atoms with van der Waals surface area (Å²) in [6.45, 7) is 5.75. The Hall–Kier alpha value is -2.98. The van der Waals surface area contributed by atoms with Crippen LogP contribution < -0.4 is 19.9 Å². The molecule has 0 bridgehead atoms. The van der Waals surface area contributed by atoms with Gasteiger partial charge in [0.1, 0.15) is 30.5 Å². The van der Waals surface area contributed by atoms with E-state index in [-0.39, 0.29) is 5.41 Å². The molecule has 152 valence electrons. The molecule has 0 unspecified atom stereocenters. The van der Waals surface area contributed by atoms with Crippen LogP contribution in [-0.4, -0.2) is 20.3 Å². The van der Waals surface area contributed by atoms with E-state index in [1.54, 1.807) is 7.11 Å². The van der Waals surface area contributed by atoms with Crippen LogP contribution in [0, 0.1) is 0 Å². The number of benzene rings is 3. The summed E-state index contributed by atoms with van der Waals surface area (Å²) < 4.78 is 16.9. The Morgan fingerprint density at radius 1 is 0.759 bits per heavy atom. The molecule has 0 radical (unpaired) electrons. The minimum absolute atomic E-state index is 0.0616. The van der Waals surface area contributed by atoms with E-state index in [1.807, 2.05) is 36.4 Å². The molecular formula is C25H29NO3. The molecule has 0 atom stereocenters. The molecule has 0 aliphatic rings. The number of nitrogens with two attached hydrogens (primary N) is 1. The van der Waals surface area contributed by atoms with Crippen molar-refractivity contribution in [3.8, 4) is 17.2 Å². The zero-order valence-corrected chi connectivity index (χ0v) is 17.4. The lowest BCUT2D eigenvalue weighted by atomic mass is 9.78. The topological polar surface area (TPSA) is 53.7 Å². The highest BCUT2D eigenvalue weighted by Crippen LogP contribution is 2.32. The smallest absolute Gasteiger partial charge is 0.127 e. The van der Waals surface area contributed by atoms with Crippen molar-refractivity contribution in [3.05, 3.63) is 89.5 Å². The van der Waals surface area contributed by atoms with Crippen molar-refractivity contribution in [2.75, 3.05) is 20.3 Å². The molecule has 29 heavy (non-hydrogen) atoms. The van der Waals surface area contributed by atoms with Gasteiger partial charge in [0, 0.05) is 23.6 Å². The molecule has 0 heterocycles. The Morgan fingerprint density at radius 3 is 2.03 bits per heavy atom. The van der Waals surface area contributed by atoms with Crippen LogP contribution in [0.25, 0.3) is 0 Å². The molecule has 2 N–H and O–H groups in total. The average Bonchev–Trinajstić information content (AvgIpc) is 2.77. The molecule has 4 nitrogen and oxygen atoms in total. The zero-order chi connectivity index (χ0) is 20.7. The van der Waals surface area contributed by atoms with Gasteiger partial charge in [0.05, 0.1) is 7.11 Å². The zero-order valence-electron chi connectivity index (χ0n) is 17.4. The monoisotopic (exact) mass is 391 g/mol. The van der Waals surface area contributed by atoms with Gasteiger partial charge in [-0.1, -0.05) is 62.4 Å². The van der Waals surface area contributed by atoms with E-state index in [1.165, 1.54) is 11.1 Å². The summed E-state index contributed by atoms with van der Waals surface area (Å²) in [6, 6.07) is 24.4. The molecule has 4 heteroatoms. The number of rotatable bonds is 9. The second-order valence-corrected chi connectivity index (χ2v) is 7.39. The summed E-state index contributed by atoms with van der Waals surface area (Å²) in [5, 5.41) is 0. The van der Waals surface area contributed by atoms with E-state index in [2.05, 4.69) is 50.2 Å². The number of hydrogen-bond donors (Lipinski definition) is 1. The van der Waals surface area contributed by atoms with Crippen LogP contribution in [0.2, 0.25) is 0 Å². The third-order valence-electron chi connectivity index (χ3n) is 5.18. The van der Waals surface area contributed by atoms with Gasteiger partial charge in [0.15, 0.2) is 0 Å². The van der Waals surface area contributed by atoms with Crippen LogP contribution in [0.4, 0.5) is 0 Å². The Morgan fingerprint density at radius 2 is 1.38 bits per heavy atom. The van der Waals surface area contributed by atoms with E-state index < -0.39 is 0 Å². The van der Waals surface area contributed by atoms with Gasteiger partial charge in [-0.2, -0.15) is 0 Å². The predicted molar refractivity (Wildman–Crippen MR) is 117 cm³/mol. The molecule has 3 aromatic carbocycles. The van der Waals surface area contributed by atoms with Gasteiger partial charge in [-0.05, 0) is 29.3 Å².